The maximum atomic E-state index is 13.4. The zero-order valence-electron chi connectivity index (χ0n) is 17.0. The molecule has 3 aromatic rings. The number of hydrogen-bond acceptors (Lipinski definition) is 4. The normalized spacial score (nSPS) is 13.7. The summed E-state index contributed by atoms with van der Waals surface area (Å²) in [6, 6.07) is 21.5. The zero-order valence-corrected chi connectivity index (χ0v) is 17.0. The first kappa shape index (κ1) is 20.3. The summed E-state index contributed by atoms with van der Waals surface area (Å²) in [6.07, 6.45) is 0.887. The molecule has 0 fully saturated rings. The molecule has 1 aliphatic heterocycles. The molecular weight excluding hydrogens is 395 g/mol. The molecule has 31 heavy (non-hydrogen) atoms. The molecule has 0 unspecified atom stereocenters. The topological polar surface area (TPSA) is 58.6 Å². The Hall–Kier alpha value is -3.93. The number of halogens is 1. The predicted molar refractivity (Wildman–Crippen MR) is 118 cm³/mol. The second-order valence-electron chi connectivity index (χ2n) is 7.04. The van der Waals surface area contributed by atoms with Crippen molar-refractivity contribution >= 4 is 28.8 Å². The molecule has 0 bridgehead atoms. The van der Waals surface area contributed by atoms with E-state index < -0.39 is 17.6 Å². The summed E-state index contributed by atoms with van der Waals surface area (Å²) < 4.78 is 19.0. The van der Waals surface area contributed by atoms with E-state index in [4.69, 9.17) is 4.74 Å². The summed E-state index contributed by atoms with van der Waals surface area (Å²) in [7, 11) is 0. The van der Waals surface area contributed by atoms with Gasteiger partial charge in [-0.05, 0) is 60.5 Å². The van der Waals surface area contributed by atoms with E-state index >= 15 is 0 Å². The van der Waals surface area contributed by atoms with Crippen molar-refractivity contribution < 1.29 is 18.7 Å². The van der Waals surface area contributed by atoms with Crippen molar-refractivity contribution in [2.45, 2.75) is 13.3 Å². The summed E-state index contributed by atoms with van der Waals surface area (Å²) in [4.78, 5) is 27.7. The molecule has 1 heterocycles. The number of carbonyl (C=O) groups is 2. The van der Waals surface area contributed by atoms with Gasteiger partial charge >= 0.3 is 0 Å². The van der Waals surface area contributed by atoms with E-state index in [2.05, 4.69) is 5.32 Å². The Morgan fingerprint density at radius 3 is 2.19 bits per heavy atom. The lowest BCUT2D eigenvalue weighted by Crippen LogP contribution is -2.32. The minimum atomic E-state index is -0.498. The molecular formula is C25H21FN2O3. The standard InChI is InChI=1S/C25H21FN2O3/c1-2-16-31-21-14-8-17(9-15-21)22-23(27-19-6-4-3-5-7-19)25(30)28(24(22)29)20-12-10-18(26)11-13-20/h3-15,27H,2,16H2,1H3. The van der Waals surface area contributed by atoms with Crippen LogP contribution >= 0.6 is 0 Å². The number of nitrogens with zero attached hydrogens (tertiary/aromatic N) is 1. The Balaban J connectivity index is 1.75. The van der Waals surface area contributed by atoms with Crippen LogP contribution in [0.3, 0.4) is 0 Å². The lowest BCUT2D eigenvalue weighted by molar-refractivity contribution is -0.120. The Morgan fingerprint density at radius 2 is 1.55 bits per heavy atom. The molecule has 0 spiro atoms. The molecule has 4 rings (SSSR count). The van der Waals surface area contributed by atoms with Gasteiger partial charge in [-0.25, -0.2) is 9.29 Å². The van der Waals surface area contributed by atoms with Crippen LogP contribution in [0.1, 0.15) is 18.9 Å². The first-order valence-electron chi connectivity index (χ1n) is 10.0. The highest BCUT2D eigenvalue weighted by Gasteiger charge is 2.40. The molecule has 0 radical (unpaired) electrons. The molecule has 2 amide bonds. The third-order valence-corrected chi connectivity index (χ3v) is 4.83. The van der Waals surface area contributed by atoms with E-state index in [0.717, 1.165) is 11.3 Å². The average Bonchev–Trinajstić information content (AvgIpc) is 3.03. The van der Waals surface area contributed by atoms with Gasteiger partial charge in [0.05, 0.1) is 17.9 Å². The Bertz CT molecular complexity index is 1120. The lowest BCUT2D eigenvalue weighted by Gasteiger charge is -2.15. The van der Waals surface area contributed by atoms with Crippen LogP contribution in [-0.2, 0) is 9.59 Å². The second-order valence-corrected chi connectivity index (χ2v) is 7.04. The number of nitrogens with one attached hydrogen (secondary N) is 1. The molecule has 5 nitrogen and oxygen atoms in total. The van der Waals surface area contributed by atoms with Gasteiger partial charge in [0.15, 0.2) is 0 Å². The number of imide groups is 1. The fourth-order valence-corrected chi connectivity index (χ4v) is 3.34. The highest BCUT2D eigenvalue weighted by molar-refractivity contribution is 6.46. The highest BCUT2D eigenvalue weighted by Crippen LogP contribution is 2.34. The first-order valence-corrected chi connectivity index (χ1v) is 10.0. The fourth-order valence-electron chi connectivity index (χ4n) is 3.34. The van der Waals surface area contributed by atoms with Crippen molar-refractivity contribution in [3.05, 3.63) is 95.9 Å². The maximum Gasteiger partial charge on any atom is 0.282 e. The second kappa shape index (κ2) is 8.83. The molecule has 0 saturated heterocycles. The van der Waals surface area contributed by atoms with Crippen LogP contribution in [0.2, 0.25) is 0 Å². The number of rotatable bonds is 7. The molecule has 0 aromatic heterocycles. The van der Waals surface area contributed by atoms with E-state index in [1.54, 1.807) is 24.3 Å². The van der Waals surface area contributed by atoms with Crippen molar-refractivity contribution in [2.24, 2.45) is 0 Å². The number of hydrogen-bond donors (Lipinski definition) is 1. The summed E-state index contributed by atoms with van der Waals surface area (Å²) in [5, 5.41) is 3.09. The van der Waals surface area contributed by atoms with Gasteiger partial charge in [-0.15, -0.1) is 0 Å². The minimum Gasteiger partial charge on any atom is -0.494 e. The smallest absolute Gasteiger partial charge is 0.282 e. The highest BCUT2D eigenvalue weighted by atomic mass is 19.1. The van der Waals surface area contributed by atoms with Crippen molar-refractivity contribution in [3.63, 3.8) is 0 Å². The van der Waals surface area contributed by atoms with Crippen LogP contribution < -0.4 is 15.0 Å². The van der Waals surface area contributed by atoms with Crippen molar-refractivity contribution in [1.82, 2.24) is 0 Å². The van der Waals surface area contributed by atoms with E-state index in [9.17, 15) is 14.0 Å². The van der Waals surface area contributed by atoms with E-state index in [1.807, 2.05) is 37.3 Å². The third kappa shape index (κ3) is 4.19. The SMILES string of the molecule is CCCOc1ccc(C2=C(Nc3ccccc3)C(=O)N(c3ccc(F)cc3)C2=O)cc1. The lowest BCUT2D eigenvalue weighted by atomic mass is 10.0. The minimum absolute atomic E-state index is 0.169. The Morgan fingerprint density at radius 1 is 0.871 bits per heavy atom. The van der Waals surface area contributed by atoms with Gasteiger partial charge in [-0.2, -0.15) is 0 Å². The number of para-hydroxylation sites is 1. The van der Waals surface area contributed by atoms with Crippen LogP contribution in [0, 0.1) is 5.82 Å². The molecule has 0 saturated carbocycles. The fraction of sp³-hybridized carbons (Fsp3) is 0.120. The Kier molecular flexibility index (Phi) is 5.80. The predicted octanol–water partition coefficient (Wildman–Crippen LogP) is 5.01. The van der Waals surface area contributed by atoms with E-state index in [1.165, 1.54) is 24.3 Å². The molecule has 156 valence electrons. The van der Waals surface area contributed by atoms with E-state index in [-0.39, 0.29) is 11.3 Å². The third-order valence-electron chi connectivity index (χ3n) is 4.83. The van der Waals surface area contributed by atoms with Gasteiger partial charge in [0, 0.05) is 5.69 Å². The van der Waals surface area contributed by atoms with Crippen LogP contribution in [-0.4, -0.2) is 18.4 Å². The largest absolute Gasteiger partial charge is 0.494 e. The maximum absolute atomic E-state index is 13.4. The van der Waals surface area contributed by atoms with E-state index in [0.29, 0.717) is 29.3 Å². The number of anilines is 2. The molecule has 0 atom stereocenters. The van der Waals surface area contributed by atoms with Gasteiger partial charge in [0.25, 0.3) is 11.8 Å². The van der Waals surface area contributed by atoms with Gasteiger partial charge in [0.1, 0.15) is 17.3 Å². The van der Waals surface area contributed by atoms with Gasteiger partial charge in [0.2, 0.25) is 0 Å². The van der Waals surface area contributed by atoms with Gasteiger partial charge < -0.3 is 10.1 Å². The quantitative estimate of drug-likeness (QED) is 0.550. The van der Waals surface area contributed by atoms with Crippen LogP contribution in [0.15, 0.2) is 84.6 Å². The number of carbonyl (C=O) groups excluding carboxylic acids is 2. The molecule has 1 aliphatic rings. The Labute approximate surface area is 179 Å². The summed E-state index contributed by atoms with van der Waals surface area (Å²) in [5.41, 5.74) is 2.00. The zero-order chi connectivity index (χ0) is 21.8. The average molecular weight is 416 g/mol. The van der Waals surface area contributed by atoms with Crippen LogP contribution in [0.5, 0.6) is 5.75 Å². The summed E-state index contributed by atoms with van der Waals surface area (Å²) in [6.45, 7) is 2.62. The van der Waals surface area contributed by atoms with Crippen molar-refractivity contribution in [2.75, 3.05) is 16.8 Å². The van der Waals surface area contributed by atoms with Crippen molar-refractivity contribution in [3.8, 4) is 5.75 Å². The van der Waals surface area contributed by atoms with Gasteiger partial charge in [-0.1, -0.05) is 37.3 Å². The molecule has 6 heteroatoms. The number of benzene rings is 3. The van der Waals surface area contributed by atoms with Crippen LogP contribution in [0.4, 0.5) is 15.8 Å². The molecule has 0 aliphatic carbocycles. The monoisotopic (exact) mass is 416 g/mol. The number of amides is 2. The van der Waals surface area contributed by atoms with Crippen LogP contribution in [0.25, 0.3) is 5.57 Å². The molecule has 1 N–H and O–H groups in total. The number of ether oxygens (including phenoxy) is 1. The molecule has 3 aromatic carbocycles. The first-order chi connectivity index (χ1) is 15.1. The van der Waals surface area contributed by atoms with Crippen molar-refractivity contribution in [1.29, 1.82) is 0 Å². The summed E-state index contributed by atoms with van der Waals surface area (Å²) >= 11 is 0. The van der Waals surface area contributed by atoms with Gasteiger partial charge in [-0.3, -0.25) is 9.59 Å². The summed E-state index contributed by atoms with van der Waals surface area (Å²) in [5.74, 6) is -0.726.